The molecule has 0 bridgehead atoms. The van der Waals surface area contributed by atoms with Crippen LogP contribution in [-0.4, -0.2) is 26.0 Å². The van der Waals surface area contributed by atoms with E-state index in [-0.39, 0.29) is 0 Å². The van der Waals surface area contributed by atoms with Crippen LogP contribution in [0.25, 0.3) is 22.6 Å². The van der Waals surface area contributed by atoms with Crippen LogP contribution in [0.15, 0.2) is 55.1 Å². The van der Waals surface area contributed by atoms with Crippen molar-refractivity contribution in [2.45, 2.75) is 18.9 Å². The Kier molecular flexibility index (Phi) is 3.23. The van der Waals surface area contributed by atoms with Crippen LogP contribution in [0.5, 0.6) is 0 Å². The summed E-state index contributed by atoms with van der Waals surface area (Å²) >= 11 is 0. The molecule has 1 N–H and O–H groups in total. The number of hydrogen-bond donors (Lipinski definition) is 1. The fraction of sp³-hybridized carbons (Fsp3) is 0.176. The molecule has 5 heteroatoms. The third kappa shape index (κ3) is 2.79. The highest BCUT2D eigenvalue weighted by Gasteiger charge is 2.22. The Labute approximate surface area is 128 Å². The zero-order chi connectivity index (χ0) is 14.8. The van der Waals surface area contributed by atoms with E-state index in [1.165, 1.54) is 12.8 Å². The maximum atomic E-state index is 4.69. The lowest BCUT2D eigenvalue weighted by Gasteiger charge is -2.09. The van der Waals surface area contributed by atoms with Crippen molar-refractivity contribution < 1.29 is 0 Å². The lowest BCUT2D eigenvalue weighted by molar-refractivity contribution is 1.09. The van der Waals surface area contributed by atoms with Crippen LogP contribution in [0.1, 0.15) is 12.8 Å². The van der Waals surface area contributed by atoms with Gasteiger partial charge in [0.15, 0.2) is 5.82 Å². The topological polar surface area (TPSA) is 63.6 Å². The molecule has 3 heterocycles. The van der Waals surface area contributed by atoms with Crippen molar-refractivity contribution >= 4 is 5.82 Å². The quantitative estimate of drug-likeness (QED) is 0.799. The third-order valence-corrected chi connectivity index (χ3v) is 3.57. The highest BCUT2D eigenvalue weighted by Crippen LogP contribution is 2.28. The van der Waals surface area contributed by atoms with Crippen LogP contribution in [0.4, 0.5) is 5.82 Å². The number of pyridine rings is 2. The van der Waals surface area contributed by atoms with Crippen LogP contribution in [0.2, 0.25) is 0 Å². The van der Waals surface area contributed by atoms with Gasteiger partial charge in [-0.05, 0) is 37.1 Å². The minimum atomic E-state index is 0.547. The predicted molar refractivity (Wildman–Crippen MR) is 85.1 cm³/mol. The first-order valence-corrected chi connectivity index (χ1v) is 7.35. The zero-order valence-corrected chi connectivity index (χ0v) is 12.0. The van der Waals surface area contributed by atoms with Gasteiger partial charge < -0.3 is 5.32 Å². The second-order valence-electron chi connectivity index (χ2n) is 5.35. The fourth-order valence-corrected chi connectivity index (χ4v) is 2.26. The minimum absolute atomic E-state index is 0.547. The normalized spacial score (nSPS) is 13.8. The smallest absolute Gasteiger partial charge is 0.162 e. The molecular weight excluding hydrogens is 274 g/mol. The standard InChI is InChI=1S/C17H15N5/c1-2-14(1)20-16-11-15(12-3-7-18-8-4-12)21-17(22-16)13-5-9-19-10-6-13/h3-11,14H,1-2H2,(H,20,21,22). The molecule has 22 heavy (non-hydrogen) atoms. The van der Waals surface area contributed by atoms with Gasteiger partial charge in [-0.2, -0.15) is 0 Å². The summed E-state index contributed by atoms with van der Waals surface area (Å²) in [4.78, 5) is 17.5. The van der Waals surface area contributed by atoms with E-state index >= 15 is 0 Å². The van der Waals surface area contributed by atoms with Gasteiger partial charge in [0.2, 0.25) is 0 Å². The van der Waals surface area contributed by atoms with Gasteiger partial charge in [-0.15, -0.1) is 0 Å². The van der Waals surface area contributed by atoms with Crippen LogP contribution >= 0.6 is 0 Å². The van der Waals surface area contributed by atoms with E-state index in [1.54, 1.807) is 24.8 Å². The molecule has 4 rings (SSSR count). The molecule has 0 spiro atoms. The summed E-state index contributed by atoms with van der Waals surface area (Å²) in [6, 6.07) is 10.3. The molecule has 5 nitrogen and oxygen atoms in total. The number of nitrogens with one attached hydrogen (secondary N) is 1. The second kappa shape index (κ2) is 5.52. The highest BCUT2D eigenvalue weighted by atomic mass is 15.1. The molecule has 0 radical (unpaired) electrons. The van der Waals surface area contributed by atoms with Crippen molar-refractivity contribution in [3.05, 3.63) is 55.1 Å². The lowest BCUT2D eigenvalue weighted by Crippen LogP contribution is -2.05. The van der Waals surface area contributed by atoms with Gasteiger partial charge in [-0.1, -0.05) is 0 Å². The monoisotopic (exact) mass is 289 g/mol. The van der Waals surface area contributed by atoms with Gasteiger partial charge in [0, 0.05) is 48.0 Å². The number of hydrogen-bond acceptors (Lipinski definition) is 5. The molecule has 1 fully saturated rings. The highest BCUT2D eigenvalue weighted by molar-refractivity contribution is 5.67. The van der Waals surface area contributed by atoms with Crippen LogP contribution in [0, 0.1) is 0 Å². The first kappa shape index (κ1) is 12.9. The van der Waals surface area contributed by atoms with E-state index in [0.29, 0.717) is 11.9 Å². The van der Waals surface area contributed by atoms with Crippen LogP contribution in [0.3, 0.4) is 0 Å². The molecule has 3 aromatic rings. The van der Waals surface area contributed by atoms with Crippen LogP contribution in [-0.2, 0) is 0 Å². The van der Waals surface area contributed by atoms with E-state index in [0.717, 1.165) is 22.6 Å². The molecule has 0 unspecified atom stereocenters. The van der Waals surface area contributed by atoms with E-state index < -0.39 is 0 Å². The predicted octanol–water partition coefficient (Wildman–Crippen LogP) is 3.17. The van der Waals surface area contributed by atoms with Gasteiger partial charge in [-0.25, -0.2) is 9.97 Å². The first-order valence-electron chi connectivity index (χ1n) is 7.35. The molecule has 1 aliphatic carbocycles. The summed E-state index contributed by atoms with van der Waals surface area (Å²) in [6.07, 6.45) is 9.48. The Hall–Kier alpha value is -2.82. The van der Waals surface area contributed by atoms with Crippen molar-refractivity contribution in [2.24, 2.45) is 0 Å². The number of anilines is 1. The van der Waals surface area contributed by atoms with Crippen molar-refractivity contribution in [1.29, 1.82) is 0 Å². The summed E-state index contributed by atoms with van der Waals surface area (Å²) in [5.74, 6) is 1.58. The van der Waals surface area contributed by atoms with Gasteiger partial charge in [-0.3, -0.25) is 9.97 Å². The molecular formula is C17H15N5. The van der Waals surface area contributed by atoms with Crippen molar-refractivity contribution in [3.63, 3.8) is 0 Å². The van der Waals surface area contributed by atoms with Crippen LogP contribution < -0.4 is 5.32 Å². The van der Waals surface area contributed by atoms with Gasteiger partial charge >= 0.3 is 0 Å². The molecule has 0 saturated heterocycles. The molecule has 0 aromatic carbocycles. The first-order chi connectivity index (χ1) is 10.9. The molecule has 0 atom stereocenters. The molecule has 3 aromatic heterocycles. The summed E-state index contributed by atoms with van der Waals surface area (Å²) in [5, 5.41) is 3.45. The average Bonchev–Trinajstić information content (AvgIpc) is 3.40. The minimum Gasteiger partial charge on any atom is -0.367 e. The van der Waals surface area contributed by atoms with E-state index in [2.05, 4.69) is 20.3 Å². The van der Waals surface area contributed by atoms with Gasteiger partial charge in [0.25, 0.3) is 0 Å². The Morgan fingerprint density at radius 3 is 2.09 bits per heavy atom. The number of nitrogens with zero attached hydrogens (tertiary/aromatic N) is 4. The maximum Gasteiger partial charge on any atom is 0.162 e. The summed E-state index contributed by atoms with van der Waals surface area (Å²) < 4.78 is 0. The summed E-state index contributed by atoms with van der Waals surface area (Å²) in [6.45, 7) is 0. The molecule has 0 amide bonds. The number of aromatic nitrogens is 4. The molecule has 1 saturated carbocycles. The SMILES string of the molecule is c1cc(-c2cc(NC3CC3)nc(-c3ccncc3)n2)ccn1. The van der Waals surface area contributed by atoms with Gasteiger partial charge in [0.05, 0.1) is 5.69 Å². The lowest BCUT2D eigenvalue weighted by atomic mass is 10.1. The molecule has 1 aliphatic rings. The van der Waals surface area contributed by atoms with E-state index in [9.17, 15) is 0 Å². The Balaban J connectivity index is 1.80. The Morgan fingerprint density at radius 1 is 0.818 bits per heavy atom. The summed E-state index contributed by atoms with van der Waals surface area (Å²) in [7, 11) is 0. The Morgan fingerprint density at radius 2 is 1.45 bits per heavy atom. The molecule has 108 valence electrons. The fourth-order valence-electron chi connectivity index (χ4n) is 2.26. The number of rotatable bonds is 4. The van der Waals surface area contributed by atoms with E-state index in [1.807, 2.05) is 30.3 Å². The van der Waals surface area contributed by atoms with E-state index in [4.69, 9.17) is 4.98 Å². The van der Waals surface area contributed by atoms with Crippen molar-refractivity contribution in [3.8, 4) is 22.6 Å². The zero-order valence-electron chi connectivity index (χ0n) is 12.0. The summed E-state index contributed by atoms with van der Waals surface area (Å²) in [5.41, 5.74) is 2.89. The third-order valence-electron chi connectivity index (χ3n) is 3.57. The largest absolute Gasteiger partial charge is 0.367 e. The average molecular weight is 289 g/mol. The molecule has 0 aliphatic heterocycles. The maximum absolute atomic E-state index is 4.69. The van der Waals surface area contributed by atoms with Crippen molar-refractivity contribution in [1.82, 2.24) is 19.9 Å². The Bertz CT molecular complexity index is 712. The van der Waals surface area contributed by atoms with Gasteiger partial charge in [0.1, 0.15) is 5.82 Å². The van der Waals surface area contributed by atoms with Crippen molar-refractivity contribution in [2.75, 3.05) is 5.32 Å². The second-order valence-corrected chi connectivity index (χ2v) is 5.35.